The maximum absolute atomic E-state index is 11.6. The Morgan fingerprint density at radius 2 is 2.06 bits per heavy atom. The molecule has 1 aromatic rings. The van der Waals surface area contributed by atoms with Gasteiger partial charge < -0.3 is 10.0 Å². The normalized spacial score (nSPS) is 9.56. The standard InChI is InChI=1S/C12H14N2O2/c1-14(12(16)3-2-8-15)11-6-4-10(9-13)5-7-11/h4-7,15H,2-3,8H2,1H3. The van der Waals surface area contributed by atoms with Gasteiger partial charge in [-0.2, -0.15) is 5.26 Å². The smallest absolute Gasteiger partial charge is 0.226 e. The summed E-state index contributed by atoms with van der Waals surface area (Å²) < 4.78 is 0. The Morgan fingerprint density at radius 1 is 1.44 bits per heavy atom. The molecule has 0 aromatic heterocycles. The van der Waals surface area contributed by atoms with Gasteiger partial charge in [0.2, 0.25) is 5.91 Å². The van der Waals surface area contributed by atoms with E-state index < -0.39 is 0 Å². The van der Waals surface area contributed by atoms with Gasteiger partial charge in [0.15, 0.2) is 0 Å². The van der Waals surface area contributed by atoms with Crippen molar-refractivity contribution in [1.82, 2.24) is 0 Å². The first-order chi connectivity index (χ1) is 7.69. The zero-order chi connectivity index (χ0) is 12.0. The molecule has 0 bridgehead atoms. The van der Waals surface area contributed by atoms with Crippen LogP contribution in [0.15, 0.2) is 24.3 Å². The van der Waals surface area contributed by atoms with E-state index in [4.69, 9.17) is 10.4 Å². The maximum Gasteiger partial charge on any atom is 0.226 e. The molecule has 0 atom stereocenters. The van der Waals surface area contributed by atoms with Crippen LogP contribution >= 0.6 is 0 Å². The van der Waals surface area contributed by atoms with Gasteiger partial charge >= 0.3 is 0 Å². The van der Waals surface area contributed by atoms with Crippen molar-refractivity contribution in [3.8, 4) is 6.07 Å². The van der Waals surface area contributed by atoms with E-state index in [-0.39, 0.29) is 12.5 Å². The second-order valence-corrected chi connectivity index (χ2v) is 3.44. The van der Waals surface area contributed by atoms with Crippen molar-refractivity contribution in [2.45, 2.75) is 12.8 Å². The Labute approximate surface area is 94.7 Å². The first-order valence-corrected chi connectivity index (χ1v) is 5.06. The molecule has 4 nitrogen and oxygen atoms in total. The Balaban J connectivity index is 2.69. The summed E-state index contributed by atoms with van der Waals surface area (Å²) in [5, 5.41) is 17.3. The summed E-state index contributed by atoms with van der Waals surface area (Å²) in [7, 11) is 1.68. The van der Waals surface area contributed by atoms with Crippen LogP contribution in [0.3, 0.4) is 0 Å². The second-order valence-electron chi connectivity index (χ2n) is 3.44. The number of nitrogens with zero attached hydrogens (tertiary/aromatic N) is 2. The van der Waals surface area contributed by atoms with Crippen LogP contribution in [0.25, 0.3) is 0 Å². The van der Waals surface area contributed by atoms with Gasteiger partial charge in [-0.15, -0.1) is 0 Å². The summed E-state index contributed by atoms with van der Waals surface area (Å²) in [6.07, 6.45) is 0.798. The molecule has 0 aliphatic carbocycles. The third-order valence-electron chi connectivity index (χ3n) is 2.31. The van der Waals surface area contributed by atoms with Crippen molar-refractivity contribution < 1.29 is 9.90 Å². The highest BCUT2D eigenvalue weighted by Gasteiger charge is 2.09. The zero-order valence-corrected chi connectivity index (χ0v) is 9.18. The quantitative estimate of drug-likeness (QED) is 0.828. The Hall–Kier alpha value is -1.86. The number of hydrogen-bond donors (Lipinski definition) is 1. The van der Waals surface area contributed by atoms with Crippen LogP contribution in [0.5, 0.6) is 0 Å². The summed E-state index contributed by atoms with van der Waals surface area (Å²) in [6.45, 7) is 0.0208. The molecule has 0 unspecified atom stereocenters. The topological polar surface area (TPSA) is 64.3 Å². The molecule has 1 rings (SSSR count). The molecule has 0 spiro atoms. The lowest BCUT2D eigenvalue weighted by Gasteiger charge is -2.16. The molecule has 16 heavy (non-hydrogen) atoms. The molecule has 1 aromatic carbocycles. The molecule has 0 aliphatic heterocycles. The van der Waals surface area contributed by atoms with Crippen LogP contribution in [-0.4, -0.2) is 24.7 Å². The highest BCUT2D eigenvalue weighted by Crippen LogP contribution is 2.14. The monoisotopic (exact) mass is 218 g/mol. The third-order valence-corrected chi connectivity index (χ3v) is 2.31. The second kappa shape index (κ2) is 5.89. The predicted octanol–water partition coefficient (Wildman–Crippen LogP) is 1.29. The fourth-order valence-corrected chi connectivity index (χ4v) is 1.30. The molecule has 4 heteroatoms. The number of rotatable bonds is 4. The van der Waals surface area contributed by atoms with Crippen LogP contribution in [0.4, 0.5) is 5.69 Å². The largest absolute Gasteiger partial charge is 0.396 e. The lowest BCUT2D eigenvalue weighted by molar-refractivity contribution is -0.118. The molecule has 0 fully saturated rings. The number of carbonyl (C=O) groups is 1. The Morgan fingerprint density at radius 3 is 2.56 bits per heavy atom. The van der Waals surface area contributed by atoms with Crippen molar-refractivity contribution in [1.29, 1.82) is 5.26 Å². The highest BCUT2D eigenvalue weighted by atomic mass is 16.3. The summed E-state index contributed by atoms with van der Waals surface area (Å²) in [6, 6.07) is 8.83. The van der Waals surface area contributed by atoms with Crippen molar-refractivity contribution in [3.05, 3.63) is 29.8 Å². The summed E-state index contributed by atoms with van der Waals surface area (Å²) in [5.41, 5.74) is 1.32. The molecule has 0 radical (unpaired) electrons. The van der Waals surface area contributed by atoms with Crippen LogP contribution in [0.1, 0.15) is 18.4 Å². The van der Waals surface area contributed by atoms with Gasteiger partial charge in [-0.05, 0) is 30.7 Å². The molecule has 0 aliphatic rings. The number of carbonyl (C=O) groups excluding carboxylic acids is 1. The average Bonchev–Trinajstić information content (AvgIpc) is 2.35. The van der Waals surface area contributed by atoms with E-state index >= 15 is 0 Å². The molecule has 0 saturated carbocycles. The molecule has 0 heterocycles. The number of benzene rings is 1. The van der Waals surface area contributed by atoms with Gasteiger partial charge in [0.05, 0.1) is 11.6 Å². The van der Waals surface area contributed by atoms with E-state index in [0.29, 0.717) is 18.4 Å². The van der Waals surface area contributed by atoms with Crippen molar-refractivity contribution in [3.63, 3.8) is 0 Å². The van der Waals surface area contributed by atoms with Gasteiger partial charge in [-0.3, -0.25) is 4.79 Å². The highest BCUT2D eigenvalue weighted by molar-refractivity contribution is 5.92. The van der Waals surface area contributed by atoms with E-state index in [1.54, 1.807) is 31.3 Å². The lowest BCUT2D eigenvalue weighted by Crippen LogP contribution is -2.26. The average molecular weight is 218 g/mol. The first kappa shape index (κ1) is 12.2. The van der Waals surface area contributed by atoms with E-state index in [1.807, 2.05) is 6.07 Å². The van der Waals surface area contributed by atoms with Crippen molar-refractivity contribution in [2.75, 3.05) is 18.6 Å². The minimum Gasteiger partial charge on any atom is -0.396 e. The molecule has 84 valence electrons. The SMILES string of the molecule is CN(C(=O)CCCO)c1ccc(C#N)cc1. The van der Waals surface area contributed by atoms with Crippen molar-refractivity contribution >= 4 is 11.6 Å². The minimum absolute atomic E-state index is 0.0208. The van der Waals surface area contributed by atoms with Crippen LogP contribution in [-0.2, 0) is 4.79 Å². The van der Waals surface area contributed by atoms with Crippen LogP contribution < -0.4 is 4.90 Å². The molecule has 0 saturated heterocycles. The number of nitriles is 1. The van der Waals surface area contributed by atoms with Gasteiger partial charge in [-0.25, -0.2) is 0 Å². The number of amides is 1. The van der Waals surface area contributed by atoms with Gasteiger partial charge in [0.25, 0.3) is 0 Å². The first-order valence-electron chi connectivity index (χ1n) is 5.06. The molecule has 1 amide bonds. The van der Waals surface area contributed by atoms with Crippen LogP contribution in [0, 0.1) is 11.3 Å². The summed E-state index contributed by atoms with van der Waals surface area (Å²) in [4.78, 5) is 13.1. The number of aliphatic hydroxyl groups is 1. The van der Waals surface area contributed by atoms with Gasteiger partial charge in [-0.1, -0.05) is 0 Å². The molecular formula is C12H14N2O2. The number of anilines is 1. The summed E-state index contributed by atoms with van der Waals surface area (Å²) in [5.74, 6) is -0.0428. The molecular weight excluding hydrogens is 204 g/mol. The minimum atomic E-state index is -0.0428. The van der Waals surface area contributed by atoms with Gasteiger partial charge in [0, 0.05) is 25.8 Å². The maximum atomic E-state index is 11.6. The van der Waals surface area contributed by atoms with Crippen molar-refractivity contribution in [2.24, 2.45) is 0 Å². The molecule has 1 N–H and O–H groups in total. The zero-order valence-electron chi connectivity index (χ0n) is 9.18. The van der Waals surface area contributed by atoms with E-state index in [1.165, 1.54) is 4.90 Å². The third kappa shape index (κ3) is 3.07. The van der Waals surface area contributed by atoms with E-state index in [9.17, 15) is 4.79 Å². The Kier molecular flexibility index (Phi) is 4.49. The number of aliphatic hydroxyl groups excluding tert-OH is 1. The van der Waals surface area contributed by atoms with Crippen LogP contribution in [0.2, 0.25) is 0 Å². The lowest BCUT2D eigenvalue weighted by atomic mass is 10.2. The Bertz CT molecular complexity index is 392. The predicted molar refractivity (Wildman–Crippen MR) is 60.9 cm³/mol. The fourth-order valence-electron chi connectivity index (χ4n) is 1.30. The van der Waals surface area contributed by atoms with Gasteiger partial charge in [0.1, 0.15) is 0 Å². The fraction of sp³-hybridized carbons (Fsp3) is 0.333. The van der Waals surface area contributed by atoms with E-state index in [2.05, 4.69) is 0 Å². The van der Waals surface area contributed by atoms with E-state index in [0.717, 1.165) is 5.69 Å². The number of hydrogen-bond acceptors (Lipinski definition) is 3. The summed E-state index contributed by atoms with van der Waals surface area (Å²) >= 11 is 0.